The SMILES string of the molecule is Brc1cnc(C2CCOCC2)cc1Br. The van der Waals surface area contributed by atoms with E-state index in [4.69, 9.17) is 4.74 Å². The Kier molecular flexibility index (Phi) is 3.57. The highest BCUT2D eigenvalue weighted by Crippen LogP contribution is 2.29. The van der Waals surface area contributed by atoms with Gasteiger partial charge in [-0.15, -0.1) is 0 Å². The second-order valence-corrected chi connectivity index (χ2v) is 5.12. The standard InChI is InChI=1S/C10H11Br2NO/c11-8-5-10(13-6-9(8)12)7-1-3-14-4-2-7/h5-7H,1-4H2. The maximum Gasteiger partial charge on any atom is 0.0501 e. The lowest BCUT2D eigenvalue weighted by molar-refractivity contribution is 0.0845. The molecule has 0 aliphatic carbocycles. The normalized spacial score (nSPS) is 18.4. The summed E-state index contributed by atoms with van der Waals surface area (Å²) in [5.74, 6) is 0.563. The van der Waals surface area contributed by atoms with Crippen LogP contribution in [0.15, 0.2) is 21.2 Å². The number of aromatic nitrogens is 1. The van der Waals surface area contributed by atoms with Crippen LogP contribution in [0.5, 0.6) is 0 Å². The largest absolute Gasteiger partial charge is 0.381 e. The van der Waals surface area contributed by atoms with Gasteiger partial charge in [-0.2, -0.15) is 0 Å². The van der Waals surface area contributed by atoms with E-state index in [0.717, 1.165) is 35.0 Å². The van der Waals surface area contributed by atoms with Crippen molar-refractivity contribution in [3.05, 3.63) is 26.9 Å². The van der Waals surface area contributed by atoms with Crippen LogP contribution in [0.1, 0.15) is 24.5 Å². The molecule has 14 heavy (non-hydrogen) atoms. The Hall–Kier alpha value is 0.0700. The summed E-state index contributed by atoms with van der Waals surface area (Å²) in [7, 11) is 0. The van der Waals surface area contributed by atoms with Crippen LogP contribution in [-0.4, -0.2) is 18.2 Å². The summed E-state index contributed by atoms with van der Waals surface area (Å²) >= 11 is 6.91. The van der Waals surface area contributed by atoms with Crippen LogP contribution in [0, 0.1) is 0 Å². The summed E-state index contributed by atoms with van der Waals surface area (Å²) in [5, 5.41) is 0. The lowest BCUT2D eigenvalue weighted by atomic mass is 9.96. The molecular weight excluding hydrogens is 310 g/mol. The lowest BCUT2D eigenvalue weighted by Crippen LogP contribution is -2.15. The third-order valence-corrected chi connectivity index (χ3v) is 4.29. The predicted molar refractivity (Wildman–Crippen MR) is 62.4 cm³/mol. The van der Waals surface area contributed by atoms with Crippen molar-refractivity contribution < 1.29 is 4.74 Å². The lowest BCUT2D eigenvalue weighted by Gasteiger charge is -2.21. The van der Waals surface area contributed by atoms with Crippen molar-refractivity contribution in [2.45, 2.75) is 18.8 Å². The molecular formula is C10H11Br2NO. The molecule has 1 aromatic heterocycles. The Morgan fingerprint density at radius 3 is 2.57 bits per heavy atom. The third kappa shape index (κ3) is 2.35. The van der Waals surface area contributed by atoms with Gasteiger partial charge in [-0.05, 0) is 50.8 Å². The number of hydrogen-bond acceptors (Lipinski definition) is 2. The maximum absolute atomic E-state index is 5.33. The fourth-order valence-electron chi connectivity index (χ4n) is 1.65. The van der Waals surface area contributed by atoms with E-state index in [1.807, 2.05) is 6.20 Å². The second kappa shape index (κ2) is 4.73. The molecule has 0 bridgehead atoms. The number of nitrogens with zero attached hydrogens (tertiary/aromatic N) is 1. The van der Waals surface area contributed by atoms with E-state index in [0.29, 0.717) is 5.92 Å². The molecule has 76 valence electrons. The number of halogens is 2. The molecule has 4 heteroatoms. The van der Waals surface area contributed by atoms with Gasteiger partial charge in [0.15, 0.2) is 0 Å². The molecule has 0 radical (unpaired) electrons. The van der Waals surface area contributed by atoms with Gasteiger partial charge < -0.3 is 4.74 Å². The van der Waals surface area contributed by atoms with Gasteiger partial charge in [0.1, 0.15) is 0 Å². The smallest absolute Gasteiger partial charge is 0.0501 e. The van der Waals surface area contributed by atoms with Crippen molar-refractivity contribution in [3.8, 4) is 0 Å². The van der Waals surface area contributed by atoms with Crippen LogP contribution >= 0.6 is 31.9 Å². The molecule has 1 aromatic rings. The molecule has 1 saturated heterocycles. The zero-order chi connectivity index (χ0) is 9.97. The van der Waals surface area contributed by atoms with Crippen molar-refractivity contribution in [2.24, 2.45) is 0 Å². The zero-order valence-electron chi connectivity index (χ0n) is 7.67. The van der Waals surface area contributed by atoms with E-state index < -0.39 is 0 Å². The van der Waals surface area contributed by atoms with E-state index in [2.05, 4.69) is 42.9 Å². The maximum atomic E-state index is 5.33. The summed E-state index contributed by atoms with van der Waals surface area (Å²) in [6.07, 6.45) is 4.02. The first-order valence-corrected chi connectivity index (χ1v) is 6.24. The van der Waals surface area contributed by atoms with Gasteiger partial charge >= 0.3 is 0 Å². The van der Waals surface area contributed by atoms with Crippen molar-refractivity contribution in [1.82, 2.24) is 4.98 Å². The quantitative estimate of drug-likeness (QED) is 0.790. The molecule has 0 atom stereocenters. The average molecular weight is 321 g/mol. The van der Waals surface area contributed by atoms with Gasteiger partial charge in [-0.25, -0.2) is 0 Å². The van der Waals surface area contributed by atoms with E-state index in [1.54, 1.807) is 0 Å². The minimum atomic E-state index is 0.563. The van der Waals surface area contributed by atoms with Crippen LogP contribution in [0.25, 0.3) is 0 Å². The van der Waals surface area contributed by atoms with E-state index >= 15 is 0 Å². The molecule has 0 saturated carbocycles. The van der Waals surface area contributed by atoms with Crippen LogP contribution in [-0.2, 0) is 4.74 Å². The number of hydrogen-bond donors (Lipinski definition) is 0. The predicted octanol–water partition coefficient (Wildman–Crippen LogP) is 3.50. The molecule has 0 N–H and O–H groups in total. The minimum Gasteiger partial charge on any atom is -0.381 e. The Labute approximate surface area is 100 Å². The first-order chi connectivity index (χ1) is 6.77. The highest BCUT2D eigenvalue weighted by Gasteiger charge is 2.17. The highest BCUT2D eigenvalue weighted by molar-refractivity contribution is 9.13. The number of pyridine rings is 1. The molecule has 2 rings (SSSR count). The fourth-order valence-corrected chi connectivity index (χ4v) is 2.20. The molecule has 2 heterocycles. The second-order valence-electron chi connectivity index (χ2n) is 3.41. The topological polar surface area (TPSA) is 22.1 Å². The molecule has 0 unspecified atom stereocenters. The monoisotopic (exact) mass is 319 g/mol. The van der Waals surface area contributed by atoms with Gasteiger partial charge in [0, 0.05) is 35.5 Å². The number of ether oxygens (including phenoxy) is 1. The summed E-state index contributed by atoms with van der Waals surface area (Å²) in [6, 6.07) is 2.10. The summed E-state index contributed by atoms with van der Waals surface area (Å²) in [6.45, 7) is 1.72. The van der Waals surface area contributed by atoms with Crippen molar-refractivity contribution in [3.63, 3.8) is 0 Å². The number of rotatable bonds is 1. The van der Waals surface area contributed by atoms with Gasteiger partial charge in [0.25, 0.3) is 0 Å². The summed E-state index contributed by atoms with van der Waals surface area (Å²) in [4.78, 5) is 4.43. The molecule has 1 aliphatic rings. The Balaban J connectivity index is 2.18. The average Bonchev–Trinajstić information content (AvgIpc) is 2.23. The van der Waals surface area contributed by atoms with Gasteiger partial charge in [0.05, 0.1) is 4.47 Å². The third-order valence-electron chi connectivity index (χ3n) is 2.47. The Morgan fingerprint density at radius 1 is 1.21 bits per heavy atom. The fraction of sp³-hybridized carbons (Fsp3) is 0.500. The summed E-state index contributed by atoms with van der Waals surface area (Å²) < 4.78 is 7.41. The van der Waals surface area contributed by atoms with E-state index in [-0.39, 0.29) is 0 Å². The van der Waals surface area contributed by atoms with E-state index in [1.165, 1.54) is 5.69 Å². The van der Waals surface area contributed by atoms with E-state index in [9.17, 15) is 0 Å². The van der Waals surface area contributed by atoms with Crippen LogP contribution in [0.3, 0.4) is 0 Å². The zero-order valence-corrected chi connectivity index (χ0v) is 10.8. The van der Waals surface area contributed by atoms with Crippen molar-refractivity contribution in [2.75, 3.05) is 13.2 Å². The van der Waals surface area contributed by atoms with Crippen LogP contribution in [0.4, 0.5) is 0 Å². The first kappa shape index (κ1) is 10.6. The molecule has 0 aromatic carbocycles. The minimum absolute atomic E-state index is 0.563. The molecule has 1 aliphatic heterocycles. The molecule has 1 fully saturated rings. The Bertz CT molecular complexity index is 324. The molecule has 0 spiro atoms. The summed E-state index contributed by atoms with van der Waals surface area (Å²) in [5.41, 5.74) is 1.17. The van der Waals surface area contributed by atoms with Crippen molar-refractivity contribution in [1.29, 1.82) is 0 Å². The molecule has 0 amide bonds. The first-order valence-electron chi connectivity index (χ1n) is 4.66. The van der Waals surface area contributed by atoms with Crippen LogP contribution in [0.2, 0.25) is 0 Å². The Morgan fingerprint density at radius 2 is 1.93 bits per heavy atom. The highest BCUT2D eigenvalue weighted by atomic mass is 79.9. The van der Waals surface area contributed by atoms with Crippen LogP contribution < -0.4 is 0 Å². The van der Waals surface area contributed by atoms with Crippen molar-refractivity contribution >= 4 is 31.9 Å². The van der Waals surface area contributed by atoms with Gasteiger partial charge in [0.2, 0.25) is 0 Å². The molecule has 2 nitrogen and oxygen atoms in total. The van der Waals surface area contributed by atoms with Gasteiger partial charge in [-0.3, -0.25) is 4.98 Å². The van der Waals surface area contributed by atoms with Gasteiger partial charge in [-0.1, -0.05) is 0 Å².